The first-order valence-electron chi connectivity index (χ1n) is 10.7. The molecule has 0 bridgehead atoms. The van der Waals surface area contributed by atoms with Gasteiger partial charge in [-0.2, -0.15) is 0 Å². The summed E-state index contributed by atoms with van der Waals surface area (Å²) in [4.78, 5) is 12.4. The highest BCUT2D eigenvalue weighted by molar-refractivity contribution is 7.99. The number of hydrogen-bond acceptors (Lipinski definition) is 6. The molecule has 1 amide bonds. The van der Waals surface area contributed by atoms with Crippen molar-refractivity contribution in [1.29, 1.82) is 0 Å². The summed E-state index contributed by atoms with van der Waals surface area (Å²) in [5.41, 5.74) is 2.03. The minimum Gasteiger partial charge on any atom is -0.493 e. The van der Waals surface area contributed by atoms with Crippen LogP contribution in [0.25, 0.3) is 0 Å². The molecule has 7 nitrogen and oxygen atoms in total. The van der Waals surface area contributed by atoms with Gasteiger partial charge in [0.2, 0.25) is 5.91 Å². The molecule has 1 N–H and O–H groups in total. The van der Waals surface area contributed by atoms with Crippen molar-refractivity contribution in [3.8, 4) is 11.5 Å². The summed E-state index contributed by atoms with van der Waals surface area (Å²) in [6, 6.07) is 15.5. The lowest BCUT2D eigenvalue weighted by Gasteiger charge is -2.19. The van der Waals surface area contributed by atoms with Gasteiger partial charge in [-0.05, 0) is 57.0 Å². The summed E-state index contributed by atoms with van der Waals surface area (Å²) < 4.78 is 13.5. The molecule has 3 aromatic rings. The molecular weight excluding hydrogens is 424 g/mol. The number of thioether (sulfide) groups is 1. The van der Waals surface area contributed by atoms with E-state index in [0.29, 0.717) is 22.5 Å². The second-order valence-electron chi connectivity index (χ2n) is 7.60. The molecule has 0 aliphatic rings. The van der Waals surface area contributed by atoms with Crippen LogP contribution in [0.4, 0.5) is 5.69 Å². The third-order valence-corrected chi connectivity index (χ3v) is 5.87. The van der Waals surface area contributed by atoms with E-state index in [2.05, 4.69) is 36.3 Å². The van der Waals surface area contributed by atoms with Crippen LogP contribution in [0.1, 0.15) is 51.2 Å². The van der Waals surface area contributed by atoms with Gasteiger partial charge >= 0.3 is 0 Å². The molecule has 0 aliphatic carbocycles. The zero-order valence-electron chi connectivity index (χ0n) is 19.2. The minimum absolute atomic E-state index is 0.0857. The van der Waals surface area contributed by atoms with Crippen molar-refractivity contribution in [3.05, 3.63) is 59.9 Å². The van der Waals surface area contributed by atoms with E-state index in [1.807, 2.05) is 60.0 Å². The molecule has 170 valence electrons. The number of carbonyl (C=O) groups excluding carboxylic acids is 1. The number of anilines is 1. The summed E-state index contributed by atoms with van der Waals surface area (Å²) in [6.45, 7) is 8.15. The Kier molecular flexibility index (Phi) is 8.16. The molecule has 3 rings (SSSR count). The van der Waals surface area contributed by atoms with E-state index in [9.17, 15) is 4.79 Å². The zero-order valence-corrected chi connectivity index (χ0v) is 20.0. The number of rotatable bonds is 10. The average Bonchev–Trinajstić information content (AvgIpc) is 3.23. The number of amides is 1. The van der Waals surface area contributed by atoms with E-state index in [1.54, 1.807) is 7.11 Å². The Balaban J connectivity index is 1.67. The highest BCUT2D eigenvalue weighted by atomic mass is 32.2. The van der Waals surface area contributed by atoms with Crippen molar-refractivity contribution in [2.24, 2.45) is 0 Å². The topological polar surface area (TPSA) is 78.3 Å². The van der Waals surface area contributed by atoms with Gasteiger partial charge in [-0.25, -0.2) is 0 Å². The van der Waals surface area contributed by atoms with Crippen molar-refractivity contribution in [3.63, 3.8) is 0 Å². The van der Waals surface area contributed by atoms with Gasteiger partial charge in [0.1, 0.15) is 0 Å². The first kappa shape index (κ1) is 23.7. The average molecular weight is 455 g/mol. The molecule has 8 heteroatoms. The third kappa shape index (κ3) is 5.82. The molecule has 0 radical (unpaired) electrons. The van der Waals surface area contributed by atoms with Crippen LogP contribution in [0.3, 0.4) is 0 Å². The molecular formula is C24H30N4O3S. The van der Waals surface area contributed by atoms with Gasteiger partial charge in [-0.1, -0.05) is 43.0 Å². The van der Waals surface area contributed by atoms with Crippen LogP contribution in [0.2, 0.25) is 0 Å². The Bertz CT molecular complexity index is 1030. The smallest absolute Gasteiger partial charge is 0.234 e. The maximum absolute atomic E-state index is 12.4. The number of aryl methyl sites for hydroxylation is 1. The van der Waals surface area contributed by atoms with E-state index in [-0.39, 0.29) is 23.8 Å². The first-order chi connectivity index (χ1) is 15.4. The number of para-hydroxylation sites is 2. The zero-order chi connectivity index (χ0) is 23.1. The molecule has 0 aliphatic heterocycles. The molecule has 1 unspecified atom stereocenters. The molecule has 0 saturated heterocycles. The maximum atomic E-state index is 12.4. The molecule has 0 spiro atoms. The van der Waals surface area contributed by atoms with Crippen molar-refractivity contribution < 1.29 is 14.3 Å². The summed E-state index contributed by atoms with van der Waals surface area (Å²) in [6.07, 6.45) is 0.623. The van der Waals surface area contributed by atoms with Gasteiger partial charge in [-0.3, -0.25) is 4.79 Å². The predicted molar refractivity (Wildman–Crippen MR) is 128 cm³/mol. The Morgan fingerprint density at radius 1 is 1.06 bits per heavy atom. The monoisotopic (exact) mass is 454 g/mol. The highest BCUT2D eigenvalue weighted by Crippen LogP contribution is 2.32. The second kappa shape index (κ2) is 11.0. The first-order valence-corrected chi connectivity index (χ1v) is 11.7. The lowest BCUT2D eigenvalue weighted by molar-refractivity contribution is -0.113. The lowest BCUT2D eigenvalue weighted by Crippen LogP contribution is -2.16. The Morgan fingerprint density at radius 2 is 1.75 bits per heavy atom. The SMILES string of the molecule is CCc1ccc(NC(=O)CSc2nnc(C(C)Oc3ccccc3OC)n2C(C)C)cc1. The molecule has 32 heavy (non-hydrogen) atoms. The molecule has 1 aromatic heterocycles. The van der Waals surface area contributed by atoms with Crippen molar-refractivity contribution in [2.75, 3.05) is 18.2 Å². The van der Waals surface area contributed by atoms with Crippen LogP contribution in [0, 0.1) is 0 Å². The Morgan fingerprint density at radius 3 is 2.38 bits per heavy atom. The van der Waals surface area contributed by atoms with Crippen molar-refractivity contribution in [1.82, 2.24) is 14.8 Å². The van der Waals surface area contributed by atoms with Gasteiger partial charge < -0.3 is 19.4 Å². The third-order valence-electron chi connectivity index (χ3n) is 4.92. The molecule has 0 saturated carbocycles. The van der Waals surface area contributed by atoms with Gasteiger partial charge in [0.05, 0.1) is 12.9 Å². The maximum Gasteiger partial charge on any atom is 0.234 e. The fraction of sp³-hybridized carbons (Fsp3) is 0.375. The van der Waals surface area contributed by atoms with Crippen LogP contribution in [0.15, 0.2) is 53.7 Å². The quantitative estimate of drug-likeness (QED) is 0.419. The number of methoxy groups -OCH3 is 1. The van der Waals surface area contributed by atoms with Gasteiger partial charge in [0.25, 0.3) is 0 Å². The largest absolute Gasteiger partial charge is 0.493 e. The minimum atomic E-state index is -0.346. The van der Waals surface area contributed by atoms with Gasteiger partial charge in [0, 0.05) is 11.7 Å². The van der Waals surface area contributed by atoms with Gasteiger partial charge in [-0.15, -0.1) is 10.2 Å². The molecule has 0 fully saturated rings. The molecule has 1 heterocycles. The van der Waals surface area contributed by atoms with Crippen LogP contribution in [-0.4, -0.2) is 33.5 Å². The Hall–Kier alpha value is -3.00. The fourth-order valence-corrected chi connectivity index (χ4v) is 4.13. The lowest BCUT2D eigenvalue weighted by atomic mass is 10.1. The summed E-state index contributed by atoms with van der Waals surface area (Å²) in [5.74, 6) is 2.15. The number of benzene rings is 2. The van der Waals surface area contributed by atoms with Gasteiger partial charge in [0.15, 0.2) is 28.6 Å². The van der Waals surface area contributed by atoms with Crippen LogP contribution in [-0.2, 0) is 11.2 Å². The second-order valence-corrected chi connectivity index (χ2v) is 8.55. The Labute approximate surface area is 193 Å². The predicted octanol–water partition coefficient (Wildman–Crippen LogP) is 5.30. The van der Waals surface area contributed by atoms with E-state index >= 15 is 0 Å². The standard InChI is InChI=1S/C24H30N4O3S/c1-6-18-11-13-19(14-12-18)25-22(29)15-32-24-27-26-23(28(24)16(2)3)17(4)31-21-10-8-7-9-20(21)30-5/h7-14,16-17H,6,15H2,1-5H3,(H,25,29). The van der Waals surface area contributed by atoms with E-state index in [1.165, 1.54) is 17.3 Å². The van der Waals surface area contributed by atoms with E-state index in [0.717, 1.165) is 12.1 Å². The van der Waals surface area contributed by atoms with Crippen LogP contribution >= 0.6 is 11.8 Å². The molecule has 1 atom stereocenters. The van der Waals surface area contributed by atoms with E-state index < -0.39 is 0 Å². The molecule has 2 aromatic carbocycles. The van der Waals surface area contributed by atoms with E-state index in [4.69, 9.17) is 9.47 Å². The van der Waals surface area contributed by atoms with Crippen molar-refractivity contribution >= 4 is 23.4 Å². The number of ether oxygens (including phenoxy) is 2. The number of nitrogens with zero attached hydrogens (tertiary/aromatic N) is 3. The number of aromatic nitrogens is 3. The normalized spacial score (nSPS) is 11.9. The number of nitrogens with one attached hydrogen (secondary N) is 1. The fourth-order valence-electron chi connectivity index (χ4n) is 3.26. The summed E-state index contributed by atoms with van der Waals surface area (Å²) in [5, 5.41) is 12.3. The van der Waals surface area contributed by atoms with Crippen LogP contribution in [0.5, 0.6) is 11.5 Å². The summed E-state index contributed by atoms with van der Waals surface area (Å²) in [7, 11) is 1.61. The number of carbonyl (C=O) groups is 1. The van der Waals surface area contributed by atoms with Crippen LogP contribution < -0.4 is 14.8 Å². The summed E-state index contributed by atoms with van der Waals surface area (Å²) >= 11 is 1.36. The highest BCUT2D eigenvalue weighted by Gasteiger charge is 2.23. The number of hydrogen-bond donors (Lipinski definition) is 1. The van der Waals surface area contributed by atoms with Crippen molar-refractivity contribution in [2.45, 2.75) is 51.4 Å².